The minimum Gasteiger partial charge on any atom is -0.381 e. The van der Waals surface area contributed by atoms with Crippen LogP contribution >= 0.6 is 0 Å². The minimum atomic E-state index is -3.73. The molecule has 172 valence electrons. The van der Waals surface area contributed by atoms with Crippen molar-refractivity contribution in [3.8, 4) is 0 Å². The summed E-state index contributed by atoms with van der Waals surface area (Å²) in [6, 6.07) is 8.08. The molecule has 1 aromatic carbocycles. The van der Waals surface area contributed by atoms with Gasteiger partial charge in [-0.25, -0.2) is 13.4 Å². The molecule has 1 aliphatic rings. The summed E-state index contributed by atoms with van der Waals surface area (Å²) < 4.78 is 35.2. The van der Waals surface area contributed by atoms with Crippen LogP contribution in [0.4, 0.5) is 0 Å². The Bertz CT molecular complexity index is 1240. The van der Waals surface area contributed by atoms with Gasteiger partial charge in [0.05, 0.1) is 20.8 Å². The van der Waals surface area contributed by atoms with Crippen molar-refractivity contribution in [3.05, 3.63) is 48.0 Å². The van der Waals surface area contributed by atoms with E-state index in [9.17, 15) is 13.6 Å². The van der Waals surface area contributed by atoms with Crippen LogP contribution in [0.3, 0.4) is 0 Å². The van der Waals surface area contributed by atoms with Crippen molar-refractivity contribution >= 4 is 20.9 Å². The fourth-order valence-electron chi connectivity index (χ4n) is 4.21. The zero-order valence-electron chi connectivity index (χ0n) is 19.2. The van der Waals surface area contributed by atoms with Crippen LogP contribution in [0.5, 0.6) is 0 Å². The molecular weight excluding hydrogens is 426 g/mol. The Kier molecular flexibility index (Phi) is 6.02. The highest BCUT2D eigenvalue weighted by Crippen LogP contribution is 2.30. The number of pyridine rings is 1. The molecule has 7 nitrogen and oxygen atoms in total. The average molecular weight is 459 g/mol. The normalized spacial score (nSPS) is 16.0. The predicted molar refractivity (Wildman–Crippen MR) is 120 cm³/mol. The molecule has 0 atom stereocenters. The molecule has 32 heavy (non-hydrogen) atoms. The summed E-state index contributed by atoms with van der Waals surface area (Å²) in [5, 5.41) is 9.68. The number of imidazole rings is 1. The Balaban J connectivity index is 1.77. The van der Waals surface area contributed by atoms with Gasteiger partial charge in [0.1, 0.15) is 5.82 Å². The van der Waals surface area contributed by atoms with E-state index >= 15 is 0 Å². The van der Waals surface area contributed by atoms with Crippen LogP contribution in [0.2, 0.25) is 0 Å². The molecule has 1 fully saturated rings. The zero-order chi connectivity index (χ0) is 23.1. The van der Waals surface area contributed by atoms with Gasteiger partial charge < -0.3 is 9.30 Å². The fraction of sp³-hybridized carbons (Fsp3) is 0.500. The van der Waals surface area contributed by atoms with Gasteiger partial charge in [-0.2, -0.15) is 0 Å². The Labute approximate surface area is 189 Å². The topological polar surface area (TPSA) is 85.3 Å². The van der Waals surface area contributed by atoms with E-state index in [0.29, 0.717) is 17.1 Å². The second kappa shape index (κ2) is 8.48. The van der Waals surface area contributed by atoms with Crippen LogP contribution < -0.4 is 4.73 Å². The van der Waals surface area contributed by atoms with Gasteiger partial charge in [-0.05, 0) is 42.4 Å². The third-order valence-electron chi connectivity index (χ3n) is 5.98. The van der Waals surface area contributed by atoms with Crippen LogP contribution in [0, 0.1) is 18.3 Å². The molecule has 4 rings (SSSR count). The van der Waals surface area contributed by atoms with Gasteiger partial charge in [-0.15, -0.1) is 0 Å². The van der Waals surface area contributed by atoms with Crippen molar-refractivity contribution in [2.24, 2.45) is 11.3 Å². The highest BCUT2D eigenvalue weighted by atomic mass is 32.2. The third-order valence-corrected chi connectivity index (χ3v) is 7.73. The Morgan fingerprint density at radius 1 is 1.16 bits per heavy atom. The number of rotatable bonds is 5. The molecule has 3 aromatic rings. The maximum absolute atomic E-state index is 13.2. The lowest BCUT2D eigenvalue weighted by Gasteiger charge is -2.25. The van der Waals surface area contributed by atoms with Crippen molar-refractivity contribution in [1.29, 1.82) is 0 Å². The van der Waals surface area contributed by atoms with Gasteiger partial charge in [-0.3, -0.25) is 5.21 Å². The van der Waals surface area contributed by atoms with Crippen LogP contribution in [0.25, 0.3) is 11.0 Å². The molecular formula is C24H32N3O4S+. The minimum absolute atomic E-state index is 0.0605. The summed E-state index contributed by atoms with van der Waals surface area (Å²) in [5.41, 5.74) is 2.17. The second-order valence-electron chi connectivity index (χ2n) is 9.93. The molecule has 1 N–H and O–H groups in total. The van der Waals surface area contributed by atoms with Gasteiger partial charge in [0, 0.05) is 50.0 Å². The molecule has 0 saturated carbocycles. The van der Waals surface area contributed by atoms with Gasteiger partial charge in [-0.1, -0.05) is 20.8 Å². The standard InChI is InChI=1S/C24H32N3O4S/c1-17-13-20(7-10-27(17)28)32(29,30)19-5-6-22-21(14-19)25-23(15-24(2,3)4)26(22)16-18-8-11-31-12-9-18/h5-7,10,13-14,18,28H,8-9,11-12,15-16H2,1-4H3/q+1. The molecule has 0 bridgehead atoms. The highest BCUT2D eigenvalue weighted by molar-refractivity contribution is 7.91. The van der Waals surface area contributed by atoms with Gasteiger partial charge >= 0.3 is 0 Å². The molecule has 2 aromatic heterocycles. The van der Waals surface area contributed by atoms with Crippen LogP contribution in [0.15, 0.2) is 46.3 Å². The number of aromatic nitrogens is 3. The number of aryl methyl sites for hydroxylation is 1. The van der Waals surface area contributed by atoms with E-state index in [1.165, 1.54) is 18.3 Å². The molecule has 0 amide bonds. The summed E-state index contributed by atoms with van der Waals surface area (Å²) in [7, 11) is -3.73. The number of ether oxygens (including phenoxy) is 1. The largest absolute Gasteiger partial charge is 0.381 e. The first-order chi connectivity index (χ1) is 15.0. The van der Waals surface area contributed by atoms with E-state index in [4.69, 9.17) is 9.72 Å². The van der Waals surface area contributed by atoms with Crippen LogP contribution in [-0.2, 0) is 27.5 Å². The smallest absolute Gasteiger partial charge is 0.232 e. The molecule has 0 aliphatic carbocycles. The Hall–Kier alpha value is -2.45. The lowest BCUT2D eigenvalue weighted by Crippen LogP contribution is -2.33. The first-order valence-corrected chi connectivity index (χ1v) is 12.6. The quantitative estimate of drug-likeness (QED) is 0.465. The summed E-state index contributed by atoms with van der Waals surface area (Å²) in [6.07, 6.45) is 4.20. The lowest BCUT2D eigenvalue weighted by molar-refractivity contribution is -0.909. The number of hydrogen-bond acceptors (Lipinski definition) is 5. The van der Waals surface area contributed by atoms with Crippen molar-refractivity contribution in [1.82, 2.24) is 9.55 Å². The molecule has 8 heteroatoms. The van der Waals surface area contributed by atoms with E-state index in [0.717, 1.165) is 55.1 Å². The molecule has 1 saturated heterocycles. The van der Waals surface area contributed by atoms with E-state index in [-0.39, 0.29) is 15.2 Å². The van der Waals surface area contributed by atoms with Gasteiger partial charge in [0.25, 0.3) is 0 Å². The summed E-state index contributed by atoms with van der Waals surface area (Å²) in [4.78, 5) is 5.24. The number of benzene rings is 1. The predicted octanol–water partition coefficient (Wildman–Crippen LogP) is 3.72. The fourth-order valence-corrected chi connectivity index (χ4v) is 5.56. The van der Waals surface area contributed by atoms with E-state index < -0.39 is 9.84 Å². The number of fused-ring (bicyclic) bond motifs is 1. The van der Waals surface area contributed by atoms with E-state index in [1.807, 2.05) is 6.07 Å². The van der Waals surface area contributed by atoms with Crippen LogP contribution in [-0.4, -0.2) is 36.4 Å². The first kappa shape index (κ1) is 22.7. The second-order valence-corrected chi connectivity index (χ2v) is 11.9. The van der Waals surface area contributed by atoms with E-state index in [1.54, 1.807) is 19.1 Å². The first-order valence-electron chi connectivity index (χ1n) is 11.1. The number of hydrogen-bond donors (Lipinski definition) is 1. The monoisotopic (exact) mass is 458 g/mol. The molecule has 0 unspecified atom stereocenters. The average Bonchev–Trinajstić information content (AvgIpc) is 3.05. The zero-order valence-corrected chi connectivity index (χ0v) is 20.0. The molecule has 0 spiro atoms. The third kappa shape index (κ3) is 4.66. The summed E-state index contributed by atoms with van der Waals surface area (Å²) in [6.45, 7) is 10.7. The molecule has 0 radical (unpaired) electrons. The molecule has 3 heterocycles. The number of sulfone groups is 1. The maximum Gasteiger partial charge on any atom is 0.232 e. The lowest BCUT2D eigenvalue weighted by atomic mass is 9.91. The summed E-state index contributed by atoms with van der Waals surface area (Å²) >= 11 is 0. The SMILES string of the molecule is Cc1cc(S(=O)(=O)c2ccc3c(c2)nc(CC(C)(C)C)n3CC2CCOCC2)cc[n+]1O. The van der Waals surface area contributed by atoms with Crippen LogP contribution in [0.1, 0.15) is 45.1 Å². The van der Waals surface area contributed by atoms with Crippen molar-refractivity contribution < 1.29 is 23.1 Å². The maximum atomic E-state index is 13.2. The van der Waals surface area contributed by atoms with Crippen molar-refractivity contribution in [2.45, 2.75) is 63.3 Å². The van der Waals surface area contributed by atoms with Gasteiger partial charge in [0.15, 0.2) is 0 Å². The number of nitrogens with zero attached hydrogens (tertiary/aromatic N) is 3. The Morgan fingerprint density at radius 2 is 1.84 bits per heavy atom. The van der Waals surface area contributed by atoms with Crippen molar-refractivity contribution in [2.75, 3.05) is 13.2 Å². The van der Waals surface area contributed by atoms with Gasteiger partial charge in [0.2, 0.25) is 21.7 Å². The summed E-state index contributed by atoms with van der Waals surface area (Å²) in [5.74, 6) is 1.52. The Morgan fingerprint density at radius 3 is 2.50 bits per heavy atom. The highest BCUT2D eigenvalue weighted by Gasteiger charge is 2.25. The molecule has 1 aliphatic heterocycles. The van der Waals surface area contributed by atoms with E-state index in [2.05, 4.69) is 25.3 Å². The van der Waals surface area contributed by atoms with Crippen molar-refractivity contribution in [3.63, 3.8) is 0 Å².